The maximum Gasteiger partial charge on any atom is 0.337 e. The van der Waals surface area contributed by atoms with Gasteiger partial charge >= 0.3 is 5.97 Å². The lowest BCUT2D eigenvalue weighted by atomic mass is 9.79. The van der Waals surface area contributed by atoms with Crippen LogP contribution in [0.4, 0.5) is 0 Å². The molecule has 5 aromatic rings. The molecule has 1 heterocycles. The first-order chi connectivity index (χ1) is 25.4. The van der Waals surface area contributed by atoms with Gasteiger partial charge in [-0.3, -0.25) is 0 Å². The van der Waals surface area contributed by atoms with Crippen LogP contribution in [0.2, 0.25) is 0 Å². The zero-order valence-corrected chi connectivity index (χ0v) is 29.9. The summed E-state index contributed by atoms with van der Waals surface area (Å²) in [5.41, 5.74) is 7.22. The zero-order valence-electron chi connectivity index (χ0n) is 29.9. The highest BCUT2D eigenvalue weighted by molar-refractivity contribution is 5.89. The molecule has 0 N–H and O–H groups in total. The van der Waals surface area contributed by atoms with Crippen LogP contribution in [-0.4, -0.2) is 27.3 Å². The van der Waals surface area contributed by atoms with Gasteiger partial charge in [0.15, 0.2) is 0 Å². The van der Waals surface area contributed by atoms with Crippen LogP contribution < -0.4 is 18.9 Å². The van der Waals surface area contributed by atoms with Crippen LogP contribution in [0.5, 0.6) is 23.0 Å². The topological polar surface area (TPSA) is 72.5 Å². The number of hydrogen-bond donors (Lipinski definition) is 0. The molecule has 0 saturated carbocycles. The van der Waals surface area contributed by atoms with E-state index < -0.39 is 5.60 Å². The second-order valence-electron chi connectivity index (χ2n) is 12.2. The first kappa shape index (κ1) is 35.8. The second kappa shape index (κ2) is 16.3. The van der Waals surface area contributed by atoms with Gasteiger partial charge in [0.2, 0.25) is 0 Å². The van der Waals surface area contributed by atoms with Crippen molar-refractivity contribution in [2.45, 2.75) is 32.3 Å². The van der Waals surface area contributed by atoms with Crippen molar-refractivity contribution in [2.24, 2.45) is 0 Å². The fourth-order valence-electron chi connectivity index (χ4n) is 6.46. The molecule has 5 aromatic carbocycles. The van der Waals surface area contributed by atoms with Crippen LogP contribution in [-0.2, 0) is 34.9 Å². The lowest BCUT2D eigenvalue weighted by Gasteiger charge is -2.37. The van der Waals surface area contributed by atoms with E-state index in [9.17, 15) is 4.79 Å². The minimum absolute atomic E-state index is 0.289. The SMILES string of the molecule is C=C/C=C(\C=C/C)C(OCc1ccc2c(c1)OCc1cc(OCc3cccc(C(=O)OC)c3)ccc1-2)(c1ccc(OC)cc1)c1ccc(OC)cc1. The molecule has 6 rings (SSSR count). The second-order valence-corrected chi connectivity index (χ2v) is 12.2. The van der Waals surface area contributed by atoms with Crippen molar-refractivity contribution in [3.8, 4) is 34.1 Å². The Morgan fingerprint density at radius 2 is 1.42 bits per heavy atom. The first-order valence-corrected chi connectivity index (χ1v) is 17.0. The number of hydrogen-bond acceptors (Lipinski definition) is 7. The Kier molecular flexibility index (Phi) is 11.2. The third kappa shape index (κ3) is 7.50. The summed E-state index contributed by atoms with van der Waals surface area (Å²) in [4.78, 5) is 11.9. The quantitative estimate of drug-likeness (QED) is 0.0847. The molecule has 1 aliphatic rings. The number of fused-ring (bicyclic) bond motifs is 3. The average Bonchev–Trinajstić information content (AvgIpc) is 3.20. The highest BCUT2D eigenvalue weighted by atomic mass is 16.5. The van der Waals surface area contributed by atoms with Gasteiger partial charge in [0.05, 0.1) is 33.5 Å². The monoisotopic (exact) mass is 694 g/mol. The summed E-state index contributed by atoms with van der Waals surface area (Å²) < 4.78 is 35.4. The van der Waals surface area contributed by atoms with E-state index in [0.717, 1.165) is 67.5 Å². The first-order valence-electron chi connectivity index (χ1n) is 17.0. The van der Waals surface area contributed by atoms with Gasteiger partial charge in [-0.25, -0.2) is 4.79 Å². The van der Waals surface area contributed by atoms with Crippen LogP contribution in [0.15, 0.2) is 146 Å². The van der Waals surface area contributed by atoms with E-state index in [-0.39, 0.29) is 12.6 Å². The molecule has 0 saturated heterocycles. The highest BCUT2D eigenvalue weighted by Gasteiger charge is 2.39. The molecule has 264 valence electrons. The van der Waals surface area contributed by atoms with E-state index in [1.54, 1.807) is 32.4 Å². The average molecular weight is 695 g/mol. The van der Waals surface area contributed by atoms with Gasteiger partial charge in [-0.05, 0) is 94.9 Å². The van der Waals surface area contributed by atoms with E-state index in [2.05, 4.69) is 36.9 Å². The van der Waals surface area contributed by atoms with Crippen molar-refractivity contribution in [3.05, 3.63) is 179 Å². The summed E-state index contributed by atoms with van der Waals surface area (Å²) in [6, 6.07) is 35.4. The summed E-state index contributed by atoms with van der Waals surface area (Å²) in [5, 5.41) is 0. The van der Waals surface area contributed by atoms with E-state index in [1.807, 2.05) is 91.9 Å². The summed E-state index contributed by atoms with van der Waals surface area (Å²) in [5.74, 6) is 2.64. The summed E-state index contributed by atoms with van der Waals surface area (Å²) in [6.07, 6.45) is 7.83. The maximum absolute atomic E-state index is 11.9. The predicted molar refractivity (Wildman–Crippen MR) is 203 cm³/mol. The molecule has 0 unspecified atom stereocenters. The van der Waals surface area contributed by atoms with E-state index in [4.69, 9.17) is 28.4 Å². The molecular formula is C45H42O7. The minimum Gasteiger partial charge on any atom is -0.497 e. The Morgan fingerprint density at radius 1 is 0.769 bits per heavy atom. The molecule has 0 amide bonds. The van der Waals surface area contributed by atoms with Gasteiger partial charge in [-0.2, -0.15) is 0 Å². The zero-order chi connectivity index (χ0) is 36.5. The number of carbonyl (C=O) groups excluding carboxylic acids is 1. The molecule has 0 spiro atoms. The molecule has 52 heavy (non-hydrogen) atoms. The van der Waals surface area contributed by atoms with Gasteiger partial charge in [0.25, 0.3) is 0 Å². The molecule has 7 nitrogen and oxygen atoms in total. The largest absolute Gasteiger partial charge is 0.497 e. The number of methoxy groups -OCH3 is 3. The van der Waals surface area contributed by atoms with Crippen LogP contribution in [0.3, 0.4) is 0 Å². The van der Waals surface area contributed by atoms with Gasteiger partial charge in [0, 0.05) is 11.1 Å². The van der Waals surface area contributed by atoms with Crippen molar-refractivity contribution in [2.75, 3.05) is 21.3 Å². The van der Waals surface area contributed by atoms with Crippen molar-refractivity contribution >= 4 is 5.97 Å². The fraction of sp³-hybridized carbons (Fsp3) is 0.178. The van der Waals surface area contributed by atoms with Crippen molar-refractivity contribution in [3.63, 3.8) is 0 Å². The van der Waals surface area contributed by atoms with Gasteiger partial charge in [-0.1, -0.05) is 85.5 Å². The molecule has 0 bridgehead atoms. The number of rotatable bonds is 14. The number of allylic oxidation sites excluding steroid dienone is 3. The lowest BCUT2D eigenvalue weighted by Crippen LogP contribution is -2.33. The van der Waals surface area contributed by atoms with Gasteiger partial charge in [-0.15, -0.1) is 0 Å². The maximum atomic E-state index is 11.9. The fourth-order valence-corrected chi connectivity index (χ4v) is 6.46. The standard InChI is InChI=1S/C45H42O7/c1-6-9-35(10-7-2)45(36-14-18-38(47-3)19-15-36,37-16-20-39(48-4)21-17-37)52-29-32-13-23-42-41-24-22-40(27-34(41)30-51-43(42)26-32)50-28-31-11-8-12-33(25-31)44(46)49-5/h6-27H,1,28-30H2,2-5H3/b10-7-,35-9+. The van der Waals surface area contributed by atoms with E-state index in [1.165, 1.54) is 7.11 Å². The third-order valence-corrected chi connectivity index (χ3v) is 9.05. The van der Waals surface area contributed by atoms with E-state index in [0.29, 0.717) is 18.8 Å². The Bertz CT molecular complexity index is 2040. The predicted octanol–water partition coefficient (Wildman–Crippen LogP) is 9.78. The Morgan fingerprint density at radius 3 is 2.06 bits per heavy atom. The summed E-state index contributed by atoms with van der Waals surface area (Å²) in [6.45, 7) is 7.01. The van der Waals surface area contributed by atoms with Gasteiger partial charge in [0.1, 0.15) is 41.8 Å². The summed E-state index contributed by atoms with van der Waals surface area (Å²) in [7, 11) is 4.69. The number of benzene rings is 5. The number of carbonyl (C=O) groups is 1. The molecular weight excluding hydrogens is 652 g/mol. The summed E-state index contributed by atoms with van der Waals surface area (Å²) >= 11 is 0. The van der Waals surface area contributed by atoms with Crippen molar-refractivity contribution in [1.82, 2.24) is 0 Å². The lowest BCUT2D eigenvalue weighted by molar-refractivity contribution is -0.000428. The van der Waals surface area contributed by atoms with Crippen molar-refractivity contribution < 1.29 is 33.2 Å². The highest BCUT2D eigenvalue weighted by Crippen LogP contribution is 2.44. The molecule has 1 aliphatic heterocycles. The normalized spacial score (nSPS) is 12.3. The molecule has 0 aromatic heterocycles. The smallest absolute Gasteiger partial charge is 0.337 e. The Balaban J connectivity index is 1.28. The van der Waals surface area contributed by atoms with Crippen molar-refractivity contribution in [1.29, 1.82) is 0 Å². The van der Waals surface area contributed by atoms with Crippen LogP contribution >= 0.6 is 0 Å². The molecule has 0 fully saturated rings. The Hall–Kier alpha value is -6.05. The molecule has 0 aliphatic carbocycles. The van der Waals surface area contributed by atoms with Gasteiger partial charge < -0.3 is 28.4 Å². The van der Waals surface area contributed by atoms with Crippen LogP contribution in [0.25, 0.3) is 11.1 Å². The third-order valence-electron chi connectivity index (χ3n) is 9.05. The van der Waals surface area contributed by atoms with Crippen LogP contribution in [0, 0.1) is 0 Å². The molecule has 7 heteroatoms. The molecule has 0 radical (unpaired) electrons. The minimum atomic E-state index is -1.00. The van der Waals surface area contributed by atoms with Crippen LogP contribution in [0.1, 0.15) is 45.1 Å². The van der Waals surface area contributed by atoms with E-state index >= 15 is 0 Å². The molecule has 0 atom stereocenters. The Labute approximate surface area is 305 Å². The number of esters is 1. The number of ether oxygens (including phenoxy) is 6.